The van der Waals surface area contributed by atoms with Crippen LogP contribution in [-0.2, 0) is 11.3 Å². The molecule has 2 atom stereocenters. The minimum atomic E-state index is 0.218. The van der Waals surface area contributed by atoms with E-state index in [9.17, 15) is 0 Å². The Morgan fingerprint density at radius 3 is 3.08 bits per heavy atom. The Kier molecular flexibility index (Phi) is 2.66. The second-order valence-electron chi connectivity index (χ2n) is 3.52. The van der Waals surface area contributed by atoms with Gasteiger partial charge in [0.1, 0.15) is 12.4 Å². The average Bonchev–Trinajstić information content (AvgIpc) is 2.72. The van der Waals surface area contributed by atoms with Gasteiger partial charge >= 0.3 is 0 Å². The van der Waals surface area contributed by atoms with Crippen LogP contribution in [0, 0.1) is 0 Å². The molecule has 1 aliphatic carbocycles. The van der Waals surface area contributed by atoms with Crippen LogP contribution >= 0.6 is 0 Å². The van der Waals surface area contributed by atoms with Gasteiger partial charge in [0.2, 0.25) is 0 Å². The molecule has 1 aliphatic rings. The highest BCUT2D eigenvalue weighted by Gasteiger charge is 2.24. The number of rotatable bonds is 3. The van der Waals surface area contributed by atoms with Gasteiger partial charge in [0.05, 0.1) is 12.4 Å². The van der Waals surface area contributed by atoms with E-state index in [0.29, 0.717) is 6.61 Å². The summed E-state index contributed by atoms with van der Waals surface area (Å²) in [5.41, 5.74) is 5.86. The van der Waals surface area contributed by atoms with Crippen LogP contribution in [0.1, 0.15) is 25.0 Å². The average molecular weight is 181 g/mol. The van der Waals surface area contributed by atoms with Crippen molar-refractivity contribution in [1.29, 1.82) is 0 Å². The summed E-state index contributed by atoms with van der Waals surface area (Å²) in [6.07, 6.45) is 5.24. The highest BCUT2D eigenvalue weighted by Crippen LogP contribution is 2.21. The minimum absolute atomic E-state index is 0.218. The van der Waals surface area contributed by atoms with Crippen molar-refractivity contribution in [2.24, 2.45) is 5.73 Å². The van der Waals surface area contributed by atoms with E-state index in [4.69, 9.17) is 14.9 Å². The lowest BCUT2D eigenvalue weighted by Gasteiger charge is -2.15. The zero-order chi connectivity index (χ0) is 9.10. The van der Waals surface area contributed by atoms with Gasteiger partial charge in [-0.3, -0.25) is 0 Å². The Morgan fingerprint density at radius 2 is 2.46 bits per heavy atom. The number of furan rings is 1. The molecule has 13 heavy (non-hydrogen) atoms. The molecule has 1 aromatic rings. The van der Waals surface area contributed by atoms with Gasteiger partial charge in [-0.1, -0.05) is 0 Å². The number of nitrogens with two attached hydrogens (primary N) is 1. The van der Waals surface area contributed by atoms with Crippen molar-refractivity contribution in [2.75, 3.05) is 0 Å². The predicted octanol–water partition coefficient (Wildman–Crippen LogP) is 1.68. The Bertz CT molecular complexity index is 245. The molecule has 0 amide bonds. The molecule has 2 unspecified atom stereocenters. The molecule has 0 radical (unpaired) electrons. The molecule has 0 spiro atoms. The summed E-state index contributed by atoms with van der Waals surface area (Å²) in [4.78, 5) is 0. The summed E-state index contributed by atoms with van der Waals surface area (Å²) in [5, 5.41) is 0. The molecule has 1 aromatic heterocycles. The molecule has 1 fully saturated rings. The van der Waals surface area contributed by atoms with Gasteiger partial charge in [-0.05, 0) is 31.4 Å². The summed E-state index contributed by atoms with van der Waals surface area (Å²) >= 11 is 0. The van der Waals surface area contributed by atoms with Crippen molar-refractivity contribution >= 4 is 0 Å². The molecule has 0 aromatic carbocycles. The molecule has 2 rings (SSSR count). The molecule has 72 valence electrons. The Balaban J connectivity index is 1.79. The van der Waals surface area contributed by atoms with Crippen LogP contribution in [0.25, 0.3) is 0 Å². The van der Waals surface area contributed by atoms with E-state index >= 15 is 0 Å². The number of hydrogen-bond donors (Lipinski definition) is 1. The molecule has 2 N–H and O–H groups in total. The van der Waals surface area contributed by atoms with E-state index in [1.807, 2.05) is 12.1 Å². The van der Waals surface area contributed by atoms with Crippen molar-refractivity contribution in [3.63, 3.8) is 0 Å². The Hall–Kier alpha value is -0.800. The van der Waals surface area contributed by atoms with E-state index in [1.54, 1.807) is 6.26 Å². The molecule has 0 aliphatic heterocycles. The fourth-order valence-corrected chi connectivity index (χ4v) is 1.75. The van der Waals surface area contributed by atoms with E-state index in [2.05, 4.69) is 0 Å². The summed E-state index contributed by atoms with van der Waals surface area (Å²) < 4.78 is 10.8. The van der Waals surface area contributed by atoms with Gasteiger partial charge in [0.25, 0.3) is 0 Å². The lowest BCUT2D eigenvalue weighted by Crippen LogP contribution is -2.31. The smallest absolute Gasteiger partial charge is 0.129 e. The van der Waals surface area contributed by atoms with Crippen molar-refractivity contribution in [1.82, 2.24) is 0 Å². The highest BCUT2D eigenvalue weighted by molar-refractivity contribution is 4.96. The normalized spacial score (nSPS) is 28.1. The number of hydrogen-bond acceptors (Lipinski definition) is 3. The fraction of sp³-hybridized carbons (Fsp3) is 0.600. The molecule has 1 heterocycles. The van der Waals surface area contributed by atoms with Crippen LogP contribution in [0.3, 0.4) is 0 Å². The summed E-state index contributed by atoms with van der Waals surface area (Å²) in [6.45, 7) is 0.547. The van der Waals surface area contributed by atoms with Crippen LogP contribution in [0.5, 0.6) is 0 Å². The Labute approximate surface area is 77.9 Å². The van der Waals surface area contributed by atoms with Gasteiger partial charge in [-0.2, -0.15) is 0 Å². The van der Waals surface area contributed by atoms with E-state index < -0.39 is 0 Å². The van der Waals surface area contributed by atoms with Crippen molar-refractivity contribution in [2.45, 2.75) is 38.0 Å². The van der Waals surface area contributed by atoms with Gasteiger partial charge in [0, 0.05) is 6.04 Å². The first kappa shape index (κ1) is 8.78. The van der Waals surface area contributed by atoms with Crippen LogP contribution in [0.2, 0.25) is 0 Å². The van der Waals surface area contributed by atoms with Gasteiger partial charge < -0.3 is 14.9 Å². The lowest BCUT2D eigenvalue weighted by atomic mass is 10.2. The van der Waals surface area contributed by atoms with Crippen molar-refractivity contribution in [3.05, 3.63) is 24.2 Å². The molecule has 3 nitrogen and oxygen atoms in total. The zero-order valence-corrected chi connectivity index (χ0v) is 7.61. The SMILES string of the molecule is NC1CCCC1OCc1ccco1. The monoisotopic (exact) mass is 181 g/mol. The minimum Gasteiger partial charge on any atom is -0.467 e. The van der Waals surface area contributed by atoms with Crippen LogP contribution in [0.4, 0.5) is 0 Å². The van der Waals surface area contributed by atoms with Gasteiger partial charge in [-0.25, -0.2) is 0 Å². The largest absolute Gasteiger partial charge is 0.467 e. The summed E-state index contributed by atoms with van der Waals surface area (Å²) in [7, 11) is 0. The number of ether oxygens (including phenoxy) is 1. The quantitative estimate of drug-likeness (QED) is 0.771. The van der Waals surface area contributed by atoms with Crippen molar-refractivity contribution in [3.8, 4) is 0 Å². The highest BCUT2D eigenvalue weighted by atomic mass is 16.5. The topological polar surface area (TPSA) is 48.4 Å². The lowest BCUT2D eigenvalue weighted by molar-refractivity contribution is 0.0264. The first-order valence-electron chi connectivity index (χ1n) is 4.76. The second kappa shape index (κ2) is 3.94. The molecule has 0 saturated heterocycles. The van der Waals surface area contributed by atoms with E-state index in [0.717, 1.165) is 18.6 Å². The molecular formula is C10H15NO2. The molecule has 3 heteroatoms. The first-order valence-corrected chi connectivity index (χ1v) is 4.76. The second-order valence-corrected chi connectivity index (χ2v) is 3.52. The molecule has 1 saturated carbocycles. The van der Waals surface area contributed by atoms with Crippen molar-refractivity contribution < 1.29 is 9.15 Å². The summed E-state index contributed by atoms with van der Waals surface area (Å²) in [5.74, 6) is 0.874. The first-order chi connectivity index (χ1) is 6.36. The van der Waals surface area contributed by atoms with E-state index in [1.165, 1.54) is 6.42 Å². The van der Waals surface area contributed by atoms with Crippen LogP contribution in [-0.4, -0.2) is 12.1 Å². The standard InChI is InChI=1S/C10H15NO2/c11-9-4-1-5-10(9)13-7-8-3-2-6-12-8/h2-3,6,9-10H,1,4-5,7,11H2. The van der Waals surface area contributed by atoms with Crippen LogP contribution in [0.15, 0.2) is 22.8 Å². The third-order valence-corrected chi connectivity index (χ3v) is 2.52. The molecule has 0 bridgehead atoms. The maximum Gasteiger partial charge on any atom is 0.129 e. The van der Waals surface area contributed by atoms with Gasteiger partial charge in [-0.15, -0.1) is 0 Å². The van der Waals surface area contributed by atoms with Crippen LogP contribution < -0.4 is 5.73 Å². The fourth-order valence-electron chi connectivity index (χ4n) is 1.75. The van der Waals surface area contributed by atoms with E-state index in [-0.39, 0.29) is 12.1 Å². The third-order valence-electron chi connectivity index (χ3n) is 2.52. The Morgan fingerprint density at radius 1 is 1.54 bits per heavy atom. The predicted molar refractivity (Wildman–Crippen MR) is 49.1 cm³/mol. The van der Waals surface area contributed by atoms with Gasteiger partial charge in [0.15, 0.2) is 0 Å². The summed E-state index contributed by atoms with van der Waals surface area (Å²) in [6, 6.07) is 4.00. The zero-order valence-electron chi connectivity index (χ0n) is 7.61. The maximum absolute atomic E-state index is 5.86. The molecular weight excluding hydrogens is 166 g/mol. The third kappa shape index (κ3) is 2.11. The maximum atomic E-state index is 5.86.